The molecule has 0 bridgehead atoms. The summed E-state index contributed by atoms with van der Waals surface area (Å²) in [4.78, 5) is 8.84. The van der Waals surface area contributed by atoms with Gasteiger partial charge in [0.25, 0.3) is 0 Å². The van der Waals surface area contributed by atoms with E-state index in [1.54, 1.807) is 37.6 Å². The van der Waals surface area contributed by atoms with Crippen molar-refractivity contribution in [2.75, 3.05) is 27.2 Å². The second-order valence-corrected chi connectivity index (χ2v) is 11.3. The second kappa shape index (κ2) is 9.38. The molecule has 0 aliphatic carbocycles. The molecule has 1 fully saturated rings. The van der Waals surface area contributed by atoms with E-state index >= 15 is 0 Å². The largest absolute Gasteiger partial charge is 0.377 e. The molecule has 0 amide bonds. The highest BCUT2D eigenvalue weighted by Gasteiger charge is 2.23. The maximum Gasteiger partial charge on any atom is 0.242 e. The third kappa shape index (κ3) is 4.85. The van der Waals surface area contributed by atoms with Crippen LogP contribution in [0.15, 0.2) is 40.6 Å². The summed E-state index contributed by atoms with van der Waals surface area (Å²) in [7, 11) is -0.404. The van der Waals surface area contributed by atoms with Crippen molar-refractivity contribution in [3.05, 3.63) is 46.4 Å². The molecule has 1 saturated heterocycles. The fourth-order valence-corrected chi connectivity index (χ4v) is 5.76. The number of hydrogen-bond donors (Lipinski definition) is 0. The summed E-state index contributed by atoms with van der Waals surface area (Å²) < 4.78 is 34.4. The Hall–Kier alpha value is -1.78. The van der Waals surface area contributed by atoms with E-state index in [2.05, 4.69) is 33.9 Å². The lowest BCUT2D eigenvalue weighted by molar-refractivity contribution is 0.0670. The molecule has 31 heavy (non-hydrogen) atoms. The van der Waals surface area contributed by atoms with Crippen LogP contribution >= 0.6 is 11.3 Å². The van der Waals surface area contributed by atoms with Crippen molar-refractivity contribution in [3.8, 4) is 0 Å². The van der Waals surface area contributed by atoms with E-state index in [9.17, 15) is 8.42 Å². The zero-order valence-electron chi connectivity index (χ0n) is 18.3. The molecule has 0 radical (unpaired) electrons. The maximum absolute atomic E-state index is 12.6. The van der Waals surface area contributed by atoms with Crippen molar-refractivity contribution in [2.24, 2.45) is 0 Å². The third-order valence-corrected chi connectivity index (χ3v) is 8.38. The molecule has 1 aliphatic rings. The van der Waals surface area contributed by atoms with Gasteiger partial charge in [0.05, 0.1) is 28.6 Å². The van der Waals surface area contributed by atoms with Crippen molar-refractivity contribution in [2.45, 2.75) is 50.4 Å². The lowest BCUT2D eigenvalue weighted by Gasteiger charge is -2.24. The van der Waals surface area contributed by atoms with E-state index in [4.69, 9.17) is 9.72 Å². The molecular weight excluding hydrogens is 432 g/mol. The minimum absolute atomic E-state index is 0.260. The lowest BCUT2D eigenvalue weighted by atomic mass is 10.2. The van der Waals surface area contributed by atoms with Crippen LogP contribution in [0.2, 0.25) is 0 Å². The summed E-state index contributed by atoms with van der Waals surface area (Å²) in [5, 5.41) is 2.10. The molecular formula is C22H30N4O3S2. The quantitative estimate of drug-likeness (QED) is 0.487. The van der Waals surface area contributed by atoms with Gasteiger partial charge in [0.15, 0.2) is 0 Å². The molecule has 3 aromatic rings. The summed E-state index contributed by atoms with van der Waals surface area (Å²) in [6, 6.07) is 9.47. The normalized spacial score (nSPS) is 17.4. The number of benzene rings is 1. The molecule has 168 valence electrons. The van der Waals surface area contributed by atoms with Gasteiger partial charge in [-0.15, -0.1) is 11.3 Å². The van der Waals surface area contributed by atoms with E-state index in [1.165, 1.54) is 9.18 Å². The molecule has 3 heterocycles. The summed E-state index contributed by atoms with van der Waals surface area (Å²) in [5.41, 5.74) is 1.68. The van der Waals surface area contributed by atoms with E-state index in [-0.39, 0.29) is 11.0 Å². The molecule has 9 heteroatoms. The number of thiophene rings is 1. The predicted octanol–water partition coefficient (Wildman–Crippen LogP) is 3.55. The van der Waals surface area contributed by atoms with Crippen LogP contribution in [-0.4, -0.2) is 60.5 Å². The van der Waals surface area contributed by atoms with Gasteiger partial charge in [-0.05, 0) is 49.4 Å². The van der Waals surface area contributed by atoms with Crippen LogP contribution in [0.25, 0.3) is 11.0 Å². The van der Waals surface area contributed by atoms with Crippen LogP contribution in [0.5, 0.6) is 0 Å². The van der Waals surface area contributed by atoms with Crippen molar-refractivity contribution in [1.82, 2.24) is 18.8 Å². The van der Waals surface area contributed by atoms with Crippen LogP contribution in [0.1, 0.15) is 30.5 Å². The maximum atomic E-state index is 12.6. The van der Waals surface area contributed by atoms with Crippen molar-refractivity contribution in [3.63, 3.8) is 0 Å². The highest BCUT2D eigenvalue weighted by Crippen LogP contribution is 2.24. The van der Waals surface area contributed by atoms with E-state index in [0.717, 1.165) is 50.4 Å². The van der Waals surface area contributed by atoms with Crippen LogP contribution in [0, 0.1) is 0 Å². The average Bonchev–Trinajstić information content (AvgIpc) is 3.48. The fourth-order valence-electron chi connectivity index (χ4n) is 4.09. The number of fused-ring (bicyclic) bond motifs is 1. The highest BCUT2D eigenvalue weighted by atomic mass is 32.2. The van der Waals surface area contributed by atoms with Gasteiger partial charge in [-0.1, -0.05) is 6.07 Å². The number of aryl methyl sites for hydroxylation is 1. The number of sulfonamides is 1. The lowest BCUT2D eigenvalue weighted by Crippen LogP contribution is -2.32. The van der Waals surface area contributed by atoms with E-state index < -0.39 is 10.0 Å². The van der Waals surface area contributed by atoms with Gasteiger partial charge in [-0.3, -0.25) is 4.90 Å². The summed E-state index contributed by atoms with van der Waals surface area (Å²) in [6.45, 7) is 6.12. The first-order valence-corrected chi connectivity index (χ1v) is 13.0. The van der Waals surface area contributed by atoms with E-state index in [1.807, 2.05) is 6.07 Å². The Labute approximate surface area is 188 Å². The topological polar surface area (TPSA) is 67.7 Å². The third-order valence-electron chi connectivity index (χ3n) is 5.70. The van der Waals surface area contributed by atoms with Crippen molar-refractivity contribution >= 4 is 32.4 Å². The summed E-state index contributed by atoms with van der Waals surface area (Å²) in [5.74, 6) is 0.950. The zero-order chi connectivity index (χ0) is 22.0. The Morgan fingerprint density at radius 1 is 1.26 bits per heavy atom. The number of aromatic nitrogens is 2. The van der Waals surface area contributed by atoms with Gasteiger partial charge in [-0.2, -0.15) is 0 Å². The van der Waals surface area contributed by atoms with E-state index in [0.29, 0.717) is 12.1 Å². The molecule has 1 aromatic carbocycles. The smallest absolute Gasteiger partial charge is 0.242 e. The fraction of sp³-hybridized carbons (Fsp3) is 0.500. The minimum Gasteiger partial charge on any atom is -0.377 e. The average molecular weight is 463 g/mol. The summed E-state index contributed by atoms with van der Waals surface area (Å²) in [6.07, 6.45) is 2.47. The van der Waals surface area contributed by atoms with Gasteiger partial charge in [-0.25, -0.2) is 17.7 Å². The van der Waals surface area contributed by atoms with Crippen LogP contribution < -0.4 is 0 Å². The van der Waals surface area contributed by atoms with Gasteiger partial charge >= 0.3 is 0 Å². The van der Waals surface area contributed by atoms with Crippen molar-refractivity contribution in [1.29, 1.82) is 0 Å². The summed E-state index contributed by atoms with van der Waals surface area (Å²) >= 11 is 1.76. The first-order chi connectivity index (χ1) is 14.9. The standard InChI is InChI=1S/C22H30N4O3S2/c1-4-26-21-10-9-19(31(27,28)24(2)3)13-20(21)23-22(26)16-25(14-17-7-5-11-29-17)15-18-8-6-12-30-18/h6,8-10,12-13,17H,4-5,7,11,14-16H2,1-3H3. The van der Waals surface area contributed by atoms with Gasteiger partial charge < -0.3 is 9.30 Å². The molecule has 7 nitrogen and oxygen atoms in total. The Morgan fingerprint density at radius 3 is 2.74 bits per heavy atom. The monoisotopic (exact) mass is 462 g/mol. The van der Waals surface area contributed by atoms with Crippen molar-refractivity contribution < 1.29 is 13.2 Å². The highest BCUT2D eigenvalue weighted by molar-refractivity contribution is 7.89. The molecule has 0 saturated carbocycles. The SMILES string of the molecule is CCn1c(CN(Cc2cccs2)CC2CCCO2)nc2cc(S(=O)(=O)N(C)C)ccc21. The minimum atomic E-state index is -3.49. The Balaban J connectivity index is 1.65. The van der Waals surface area contributed by atoms with Gasteiger partial charge in [0.2, 0.25) is 10.0 Å². The first kappa shape index (κ1) is 22.4. The Morgan fingerprint density at radius 2 is 2.10 bits per heavy atom. The van der Waals surface area contributed by atoms with Gasteiger partial charge in [0.1, 0.15) is 5.82 Å². The van der Waals surface area contributed by atoms with Gasteiger partial charge in [0, 0.05) is 45.2 Å². The number of nitrogens with zero attached hydrogens (tertiary/aromatic N) is 4. The van der Waals surface area contributed by atoms with Crippen LogP contribution in [-0.2, 0) is 34.4 Å². The first-order valence-electron chi connectivity index (χ1n) is 10.7. The number of rotatable bonds is 9. The molecule has 1 aliphatic heterocycles. The Bertz CT molecular complexity index is 1120. The zero-order valence-corrected chi connectivity index (χ0v) is 20.0. The Kier molecular flexibility index (Phi) is 6.78. The number of ether oxygens (including phenoxy) is 1. The number of hydrogen-bond acceptors (Lipinski definition) is 6. The molecule has 1 atom stereocenters. The molecule has 4 rings (SSSR count). The molecule has 0 spiro atoms. The molecule has 1 unspecified atom stereocenters. The second-order valence-electron chi connectivity index (χ2n) is 8.09. The molecule has 0 N–H and O–H groups in total. The van der Waals surface area contributed by atoms with Crippen LogP contribution in [0.4, 0.5) is 0 Å². The predicted molar refractivity (Wildman–Crippen MR) is 124 cm³/mol. The molecule has 2 aromatic heterocycles. The van der Waals surface area contributed by atoms with Crippen LogP contribution in [0.3, 0.4) is 0 Å². The number of imidazole rings is 1.